The summed E-state index contributed by atoms with van der Waals surface area (Å²) in [6.45, 7) is 9.28. The number of allylic oxidation sites excluding steroid dienone is 8. The molecule has 0 saturated carbocycles. The van der Waals surface area contributed by atoms with E-state index in [1.807, 2.05) is 12.2 Å². The first-order valence-corrected chi connectivity index (χ1v) is 8.05. The van der Waals surface area contributed by atoms with Gasteiger partial charge in [-0.05, 0) is 30.9 Å². The second kappa shape index (κ2) is 8.29. The first-order valence-electron chi connectivity index (χ1n) is 8.05. The Hall–Kier alpha value is -2.21. The highest BCUT2D eigenvalue weighted by Crippen LogP contribution is 2.24. The van der Waals surface area contributed by atoms with Gasteiger partial charge in [0.05, 0.1) is 11.9 Å². The van der Waals surface area contributed by atoms with Crippen LogP contribution >= 0.6 is 0 Å². The Morgan fingerprint density at radius 2 is 2.36 bits per heavy atom. The van der Waals surface area contributed by atoms with Gasteiger partial charge in [0, 0.05) is 31.1 Å². The molecule has 116 valence electrons. The minimum Gasteiger partial charge on any atom is -0.370 e. The van der Waals surface area contributed by atoms with Crippen molar-refractivity contribution >= 4 is 0 Å². The van der Waals surface area contributed by atoms with Crippen LogP contribution in [-0.4, -0.2) is 24.5 Å². The topological polar surface area (TPSA) is 39.1 Å². The largest absolute Gasteiger partial charge is 0.370 e. The smallest absolute Gasteiger partial charge is 0.0953 e. The minimum atomic E-state index is 0.202. The van der Waals surface area contributed by atoms with E-state index >= 15 is 0 Å². The van der Waals surface area contributed by atoms with Gasteiger partial charge in [-0.3, -0.25) is 0 Å². The molecule has 1 unspecified atom stereocenters. The van der Waals surface area contributed by atoms with Gasteiger partial charge in [-0.15, -0.1) is 0 Å². The number of hydrogen-bond acceptors (Lipinski definition) is 3. The second-order valence-electron chi connectivity index (χ2n) is 5.77. The lowest BCUT2D eigenvalue weighted by molar-refractivity contribution is 0.384. The molecule has 0 radical (unpaired) electrons. The molecule has 3 nitrogen and oxygen atoms in total. The molecule has 1 aliphatic heterocycles. The van der Waals surface area contributed by atoms with Crippen molar-refractivity contribution in [2.75, 3.05) is 19.6 Å². The number of nitrogens with zero attached hydrogens (tertiary/aromatic N) is 2. The van der Waals surface area contributed by atoms with E-state index in [1.54, 1.807) is 0 Å². The molecule has 2 aliphatic rings. The summed E-state index contributed by atoms with van der Waals surface area (Å²) in [5, 5.41) is 12.3. The number of rotatable bonds is 6. The van der Waals surface area contributed by atoms with Gasteiger partial charge in [-0.1, -0.05) is 43.9 Å². The summed E-state index contributed by atoms with van der Waals surface area (Å²) in [5.74, 6) is 1.27. The molecule has 0 aromatic heterocycles. The monoisotopic (exact) mass is 295 g/mol. The zero-order valence-electron chi connectivity index (χ0n) is 13.4. The van der Waals surface area contributed by atoms with Gasteiger partial charge in [0.1, 0.15) is 0 Å². The Morgan fingerprint density at radius 1 is 1.50 bits per heavy atom. The van der Waals surface area contributed by atoms with Crippen molar-refractivity contribution in [1.82, 2.24) is 10.2 Å². The van der Waals surface area contributed by atoms with E-state index in [9.17, 15) is 0 Å². The Labute approximate surface area is 134 Å². The van der Waals surface area contributed by atoms with Gasteiger partial charge in [-0.2, -0.15) is 5.26 Å². The van der Waals surface area contributed by atoms with Crippen LogP contribution in [0.4, 0.5) is 0 Å². The van der Waals surface area contributed by atoms with Crippen molar-refractivity contribution in [2.45, 2.75) is 26.2 Å². The average Bonchev–Trinajstić information content (AvgIpc) is 2.93. The lowest BCUT2D eigenvalue weighted by Crippen LogP contribution is -2.20. The maximum atomic E-state index is 9.04. The number of nitriles is 1. The van der Waals surface area contributed by atoms with Crippen molar-refractivity contribution in [2.24, 2.45) is 5.92 Å². The first-order chi connectivity index (χ1) is 10.7. The fraction of sp³-hybridized carbons (Fsp3) is 0.421. The van der Waals surface area contributed by atoms with Crippen molar-refractivity contribution in [3.8, 4) is 6.07 Å². The summed E-state index contributed by atoms with van der Waals surface area (Å²) in [6.07, 6.45) is 15.9. The molecule has 1 saturated heterocycles. The highest BCUT2D eigenvalue weighted by atomic mass is 15.3. The van der Waals surface area contributed by atoms with Crippen LogP contribution in [0.3, 0.4) is 0 Å². The van der Waals surface area contributed by atoms with E-state index in [-0.39, 0.29) is 5.92 Å². The minimum absolute atomic E-state index is 0.202. The summed E-state index contributed by atoms with van der Waals surface area (Å²) in [7, 11) is 0. The van der Waals surface area contributed by atoms with E-state index < -0.39 is 0 Å². The van der Waals surface area contributed by atoms with Gasteiger partial charge < -0.3 is 10.2 Å². The van der Waals surface area contributed by atoms with Gasteiger partial charge in [0.2, 0.25) is 0 Å². The first kappa shape index (κ1) is 16.2. The summed E-state index contributed by atoms with van der Waals surface area (Å²) < 4.78 is 0. The second-order valence-corrected chi connectivity index (χ2v) is 5.77. The van der Waals surface area contributed by atoms with Crippen LogP contribution in [-0.2, 0) is 0 Å². The third-order valence-electron chi connectivity index (χ3n) is 4.23. The van der Waals surface area contributed by atoms with E-state index in [0.717, 1.165) is 37.4 Å². The predicted octanol–water partition coefficient (Wildman–Crippen LogP) is 3.67. The number of unbranched alkanes of at least 4 members (excludes halogenated alkanes) is 2. The average molecular weight is 295 g/mol. The molecular weight excluding hydrogens is 270 g/mol. The van der Waals surface area contributed by atoms with Crippen LogP contribution in [0.5, 0.6) is 0 Å². The Bertz CT molecular complexity index is 558. The van der Waals surface area contributed by atoms with Crippen LogP contribution < -0.4 is 5.32 Å². The highest BCUT2D eigenvalue weighted by Gasteiger charge is 2.13. The Kier molecular flexibility index (Phi) is 6.09. The van der Waals surface area contributed by atoms with Crippen molar-refractivity contribution in [3.05, 3.63) is 60.0 Å². The molecule has 0 amide bonds. The molecule has 0 aromatic carbocycles. The molecule has 2 rings (SSSR count). The quantitative estimate of drug-likeness (QED) is 0.760. The standard InChI is InChI=1S/C19H25N3/c1-16-18(10-8-11-19(16)15-20)9-6-4-3-5-7-13-22-14-12-21-17(22)2/h4,6,8-11,16,21H,2-3,5,7,12-14H2,1H3/b6-4-,18-9-. The van der Waals surface area contributed by atoms with Crippen molar-refractivity contribution < 1.29 is 0 Å². The Balaban J connectivity index is 1.67. The molecule has 1 N–H and O–H groups in total. The van der Waals surface area contributed by atoms with Gasteiger partial charge in [-0.25, -0.2) is 0 Å². The summed E-state index contributed by atoms with van der Waals surface area (Å²) >= 11 is 0. The number of hydrogen-bond donors (Lipinski definition) is 1. The van der Waals surface area contributed by atoms with Crippen molar-refractivity contribution in [1.29, 1.82) is 5.26 Å². The van der Waals surface area contributed by atoms with E-state index in [0.29, 0.717) is 0 Å². The summed E-state index contributed by atoms with van der Waals surface area (Å²) in [5.41, 5.74) is 2.04. The van der Waals surface area contributed by atoms with E-state index in [4.69, 9.17) is 5.26 Å². The molecule has 0 aromatic rings. The maximum Gasteiger partial charge on any atom is 0.0953 e. The molecule has 1 fully saturated rings. The van der Waals surface area contributed by atoms with Crippen molar-refractivity contribution in [3.63, 3.8) is 0 Å². The fourth-order valence-corrected chi connectivity index (χ4v) is 2.73. The normalized spacial score (nSPS) is 23.0. The molecule has 22 heavy (non-hydrogen) atoms. The van der Waals surface area contributed by atoms with Crippen LogP contribution in [0, 0.1) is 17.2 Å². The van der Waals surface area contributed by atoms with Gasteiger partial charge in [0.25, 0.3) is 0 Å². The van der Waals surface area contributed by atoms with Crippen LogP contribution in [0.25, 0.3) is 0 Å². The molecule has 1 heterocycles. The fourth-order valence-electron chi connectivity index (χ4n) is 2.73. The molecule has 1 atom stereocenters. The van der Waals surface area contributed by atoms with Crippen LogP contribution in [0.15, 0.2) is 60.0 Å². The van der Waals surface area contributed by atoms with E-state index in [1.165, 1.54) is 18.4 Å². The molecule has 3 heteroatoms. The van der Waals surface area contributed by atoms with Crippen LogP contribution in [0.1, 0.15) is 26.2 Å². The van der Waals surface area contributed by atoms with Gasteiger partial charge in [0.15, 0.2) is 0 Å². The zero-order valence-corrected chi connectivity index (χ0v) is 13.4. The zero-order chi connectivity index (χ0) is 15.8. The third kappa shape index (κ3) is 4.39. The summed E-state index contributed by atoms with van der Waals surface area (Å²) in [6, 6.07) is 2.26. The van der Waals surface area contributed by atoms with Crippen LogP contribution in [0.2, 0.25) is 0 Å². The lowest BCUT2D eigenvalue weighted by atomic mass is 9.89. The molecule has 0 bridgehead atoms. The Morgan fingerprint density at radius 3 is 3.09 bits per heavy atom. The van der Waals surface area contributed by atoms with Gasteiger partial charge >= 0.3 is 0 Å². The lowest BCUT2D eigenvalue weighted by Gasteiger charge is -2.17. The SMILES string of the molecule is C=C1NCCN1CCCC/C=C\C=C1\C=CC=C(C#N)C1C. The van der Waals surface area contributed by atoms with E-state index in [2.05, 4.69) is 54.1 Å². The molecule has 1 aliphatic carbocycles. The summed E-state index contributed by atoms with van der Waals surface area (Å²) in [4.78, 5) is 2.32. The highest BCUT2D eigenvalue weighted by molar-refractivity contribution is 5.44. The third-order valence-corrected chi connectivity index (χ3v) is 4.23. The predicted molar refractivity (Wildman–Crippen MR) is 91.8 cm³/mol. The number of nitrogens with one attached hydrogen (secondary N) is 1. The molecular formula is C19H25N3. The molecule has 0 spiro atoms. The maximum absolute atomic E-state index is 9.04.